The summed E-state index contributed by atoms with van der Waals surface area (Å²) in [5.41, 5.74) is 3.39. The molecular weight excluding hydrogens is 362 g/mol. The topological polar surface area (TPSA) is 29.5 Å². The van der Waals surface area contributed by atoms with Crippen LogP contribution in [0.1, 0.15) is 32.5 Å². The van der Waals surface area contributed by atoms with Crippen LogP contribution in [0.15, 0.2) is 47.2 Å². The molecule has 0 bridgehead atoms. The Hall–Kier alpha value is -2.11. The average molecular weight is 384 g/mol. The maximum atomic E-state index is 13.0. The Morgan fingerprint density at radius 3 is 2.65 bits per heavy atom. The van der Waals surface area contributed by atoms with Gasteiger partial charge in [0.25, 0.3) is 5.91 Å². The highest BCUT2D eigenvalue weighted by Gasteiger charge is 2.33. The van der Waals surface area contributed by atoms with Gasteiger partial charge in [0.15, 0.2) is 6.61 Å². The van der Waals surface area contributed by atoms with Crippen molar-refractivity contribution in [2.45, 2.75) is 26.3 Å². The summed E-state index contributed by atoms with van der Waals surface area (Å²) in [6.07, 6.45) is 0.921. The van der Waals surface area contributed by atoms with E-state index in [0.717, 1.165) is 29.8 Å². The Bertz CT molecular complexity index is 894. The molecule has 2 aromatic heterocycles. The van der Waals surface area contributed by atoms with Crippen molar-refractivity contribution >= 4 is 28.6 Å². The van der Waals surface area contributed by atoms with Crippen molar-refractivity contribution in [2.75, 3.05) is 13.2 Å². The van der Waals surface area contributed by atoms with E-state index in [1.165, 1.54) is 15.3 Å². The van der Waals surface area contributed by atoms with E-state index in [0.29, 0.717) is 0 Å². The molecule has 1 aromatic carbocycles. The van der Waals surface area contributed by atoms with E-state index >= 15 is 0 Å². The molecule has 4 rings (SSSR count). The molecule has 0 N–H and O–H groups in total. The first kappa shape index (κ1) is 17.3. The molecule has 5 heteroatoms. The van der Waals surface area contributed by atoms with Gasteiger partial charge in [-0.15, -0.1) is 22.7 Å². The lowest BCUT2D eigenvalue weighted by molar-refractivity contribution is -0.135. The second-order valence-corrected chi connectivity index (χ2v) is 8.54. The number of carbonyl (C=O) groups is 1. The summed E-state index contributed by atoms with van der Waals surface area (Å²) in [7, 11) is 0. The van der Waals surface area contributed by atoms with E-state index in [-0.39, 0.29) is 18.6 Å². The van der Waals surface area contributed by atoms with Gasteiger partial charge in [-0.05, 0) is 59.9 Å². The van der Waals surface area contributed by atoms with E-state index in [2.05, 4.69) is 29.0 Å². The summed E-state index contributed by atoms with van der Waals surface area (Å²) < 4.78 is 5.93. The SMILES string of the molecule is Cc1cccc(C)c1OCC(=O)N1CCc2sccc2[C@H]1c1cccs1. The maximum absolute atomic E-state index is 13.0. The largest absolute Gasteiger partial charge is 0.483 e. The number of hydrogen-bond acceptors (Lipinski definition) is 4. The second-order valence-electron chi connectivity index (χ2n) is 6.56. The van der Waals surface area contributed by atoms with Crippen molar-refractivity contribution in [3.05, 3.63) is 73.6 Å². The van der Waals surface area contributed by atoms with Gasteiger partial charge in [-0.2, -0.15) is 0 Å². The van der Waals surface area contributed by atoms with Crippen molar-refractivity contribution in [1.82, 2.24) is 4.90 Å². The van der Waals surface area contributed by atoms with Crippen molar-refractivity contribution in [3.8, 4) is 5.75 Å². The zero-order valence-corrected chi connectivity index (χ0v) is 16.5. The smallest absolute Gasteiger partial charge is 0.261 e. The Morgan fingerprint density at radius 1 is 1.12 bits per heavy atom. The summed E-state index contributed by atoms with van der Waals surface area (Å²) in [6, 6.07) is 12.4. The molecule has 0 radical (unpaired) electrons. The summed E-state index contributed by atoms with van der Waals surface area (Å²) in [6.45, 7) is 4.84. The van der Waals surface area contributed by atoms with Crippen LogP contribution in [0.25, 0.3) is 0 Å². The van der Waals surface area contributed by atoms with Gasteiger partial charge in [-0.3, -0.25) is 4.79 Å². The fraction of sp³-hybridized carbons (Fsp3) is 0.286. The third kappa shape index (κ3) is 3.17. The van der Waals surface area contributed by atoms with E-state index in [1.807, 2.05) is 36.9 Å². The van der Waals surface area contributed by atoms with Gasteiger partial charge in [-0.25, -0.2) is 0 Å². The Balaban J connectivity index is 1.57. The molecule has 0 unspecified atom stereocenters. The van der Waals surface area contributed by atoms with Crippen LogP contribution in [0.2, 0.25) is 0 Å². The number of ether oxygens (including phenoxy) is 1. The first-order valence-corrected chi connectivity index (χ1v) is 10.5. The van der Waals surface area contributed by atoms with Crippen molar-refractivity contribution in [3.63, 3.8) is 0 Å². The number of para-hydroxylation sites is 1. The van der Waals surface area contributed by atoms with Crippen molar-refractivity contribution < 1.29 is 9.53 Å². The normalized spacial score (nSPS) is 16.4. The first-order chi connectivity index (χ1) is 12.6. The lowest BCUT2D eigenvalue weighted by atomic mass is 9.98. The molecule has 1 aliphatic heterocycles. The minimum Gasteiger partial charge on any atom is -0.483 e. The predicted octanol–water partition coefficient (Wildman–Crippen LogP) is 4.98. The Labute approximate surface area is 161 Å². The molecule has 0 aliphatic carbocycles. The standard InChI is InChI=1S/C21H21NO2S2/c1-14-5-3-6-15(2)21(14)24-13-19(23)22-10-8-17-16(9-12-26-17)20(22)18-7-4-11-25-18/h3-7,9,11-12,20H,8,10,13H2,1-2H3/t20-/m0/s1. The van der Waals surface area contributed by atoms with Gasteiger partial charge in [0.1, 0.15) is 5.75 Å². The minimum atomic E-state index is 0.0130. The molecule has 1 aliphatic rings. The van der Waals surface area contributed by atoms with Crippen molar-refractivity contribution in [2.24, 2.45) is 0 Å². The molecule has 26 heavy (non-hydrogen) atoms. The number of thiophene rings is 2. The highest BCUT2D eigenvalue weighted by molar-refractivity contribution is 7.10. The van der Waals surface area contributed by atoms with E-state index in [4.69, 9.17) is 4.74 Å². The van der Waals surface area contributed by atoms with Crippen LogP contribution in [-0.4, -0.2) is 24.0 Å². The van der Waals surface area contributed by atoms with E-state index in [9.17, 15) is 4.79 Å². The third-order valence-corrected chi connectivity index (χ3v) is 6.77. The van der Waals surface area contributed by atoms with Gasteiger partial charge < -0.3 is 9.64 Å². The van der Waals surface area contributed by atoms with Crippen LogP contribution < -0.4 is 4.74 Å². The molecule has 1 atom stereocenters. The number of carbonyl (C=O) groups excluding carboxylic acids is 1. The van der Waals surface area contributed by atoms with Crippen molar-refractivity contribution in [1.29, 1.82) is 0 Å². The van der Waals surface area contributed by atoms with Gasteiger partial charge in [-0.1, -0.05) is 24.3 Å². The minimum absolute atomic E-state index is 0.0130. The number of hydrogen-bond donors (Lipinski definition) is 0. The van der Waals surface area contributed by atoms with Gasteiger partial charge >= 0.3 is 0 Å². The number of fused-ring (bicyclic) bond motifs is 1. The molecule has 0 fully saturated rings. The maximum Gasteiger partial charge on any atom is 0.261 e. The Kier molecular flexibility index (Phi) is 4.83. The quantitative estimate of drug-likeness (QED) is 0.636. The molecule has 3 nitrogen and oxygen atoms in total. The lowest BCUT2D eigenvalue weighted by Crippen LogP contribution is -2.42. The van der Waals surface area contributed by atoms with Gasteiger partial charge in [0, 0.05) is 16.3 Å². The highest BCUT2D eigenvalue weighted by Crippen LogP contribution is 2.39. The highest BCUT2D eigenvalue weighted by atomic mass is 32.1. The van der Waals surface area contributed by atoms with Crippen LogP contribution in [-0.2, 0) is 11.2 Å². The second kappa shape index (κ2) is 7.25. The molecule has 0 spiro atoms. The van der Waals surface area contributed by atoms with Crippen LogP contribution in [0.3, 0.4) is 0 Å². The number of rotatable bonds is 4. The third-order valence-electron chi connectivity index (χ3n) is 4.85. The molecule has 3 aromatic rings. The average Bonchev–Trinajstić information content (AvgIpc) is 3.31. The molecule has 3 heterocycles. The number of nitrogens with zero attached hydrogens (tertiary/aromatic N) is 1. The molecule has 0 saturated heterocycles. The van der Waals surface area contributed by atoms with Crippen LogP contribution in [0.4, 0.5) is 0 Å². The molecule has 134 valence electrons. The summed E-state index contributed by atoms with van der Waals surface area (Å²) in [5, 5.41) is 4.21. The summed E-state index contributed by atoms with van der Waals surface area (Å²) in [4.78, 5) is 17.6. The van der Waals surface area contributed by atoms with E-state index < -0.39 is 0 Å². The van der Waals surface area contributed by atoms with E-state index in [1.54, 1.807) is 22.7 Å². The lowest BCUT2D eigenvalue weighted by Gasteiger charge is -2.35. The van der Waals surface area contributed by atoms with Crippen LogP contribution in [0.5, 0.6) is 5.75 Å². The van der Waals surface area contributed by atoms with Gasteiger partial charge in [0.05, 0.1) is 6.04 Å². The summed E-state index contributed by atoms with van der Waals surface area (Å²) >= 11 is 3.50. The number of amides is 1. The molecular formula is C21H21NO2S2. The predicted molar refractivity (Wildman–Crippen MR) is 107 cm³/mol. The molecule has 0 saturated carbocycles. The van der Waals surface area contributed by atoms with Crippen LogP contribution >= 0.6 is 22.7 Å². The fourth-order valence-electron chi connectivity index (χ4n) is 3.58. The van der Waals surface area contributed by atoms with Gasteiger partial charge in [0.2, 0.25) is 0 Å². The first-order valence-electron chi connectivity index (χ1n) is 8.73. The number of benzene rings is 1. The fourth-order valence-corrected chi connectivity index (χ4v) is 5.34. The zero-order chi connectivity index (χ0) is 18.1. The number of aryl methyl sites for hydroxylation is 2. The monoisotopic (exact) mass is 383 g/mol. The Morgan fingerprint density at radius 2 is 1.92 bits per heavy atom. The zero-order valence-electron chi connectivity index (χ0n) is 14.9. The summed E-state index contributed by atoms with van der Waals surface area (Å²) in [5.74, 6) is 0.865. The molecule has 1 amide bonds. The van der Waals surface area contributed by atoms with Crippen LogP contribution in [0, 0.1) is 13.8 Å².